The lowest BCUT2D eigenvalue weighted by atomic mass is 10.1. The maximum Gasteiger partial charge on any atom is 0.326 e. The third-order valence-electron chi connectivity index (χ3n) is 2.62. The molecule has 0 bridgehead atoms. The third-order valence-corrected chi connectivity index (χ3v) is 2.62. The predicted octanol–water partition coefficient (Wildman–Crippen LogP) is 1.16. The SMILES string of the molecule is CC(C)CCOCCNC(=O)N(C)C(C)C(=O)O. The van der Waals surface area contributed by atoms with Crippen LogP contribution in [0.2, 0.25) is 0 Å². The molecule has 1 atom stereocenters. The van der Waals surface area contributed by atoms with Crippen molar-refractivity contribution in [2.24, 2.45) is 5.92 Å². The highest BCUT2D eigenvalue weighted by Crippen LogP contribution is 1.98. The quantitative estimate of drug-likeness (QED) is 0.642. The summed E-state index contributed by atoms with van der Waals surface area (Å²) in [5.41, 5.74) is 0. The number of ether oxygens (including phenoxy) is 1. The number of nitrogens with zero attached hydrogens (tertiary/aromatic N) is 1. The number of amides is 2. The van der Waals surface area contributed by atoms with E-state index < -0.39 is 18.0 Å². The molecule has 6 nitrogen and oxygen atoms in total. The molecule has 0 fully saturated rings. The van der Waals surface area contributed by atoms with Gasteiger partial charge >= 0.3 is 12.0 Å². The number of carbonyl (C=O) groups is 2. The number of rotatable bonds is 8. The normalized spacial score (nSPS) is 12.3. The molecule has 0 saturated carbocycles. The van der Waals surface area contributed by atoms with Crippen molar-refractivity contribution in [2.75, 3.05) is 26.8 Å². The van der Waals surface area contributed by atoms with Crippen LogP contribution in [0.1, 0.15) is 27.2 Å². The maximum atomic E-state index is 11.5. The molecule has 0 saturated heterocycles. The van der Waals surface area contributed by atoms with Crippen LogP contribution in [0.3, 0.4) is 0 Å². The number of carboxylic acid groups (broad SMARTS) is 1. The van der Waals surface area contributed by atoms with E-state index in [0.717, 1.165) is 11.3 Å². The smallest absolute Gasteiger partial charge is 0.326 e. The van der Waals surface area contributed by atoms with Gasteiger partial charge in [0.25, 0.3) is 0 Å². The van der Waals surface area contributed by atoms with Gasteiger partial charge in [-0.05, 0) is 19.3 Å². The first kappa shape index (κ1) is 16.7. The Morgan fingerprint density at radius 3 is 2.39 bits per heavy atom. The van der Waals surface area contributed by atoms with Crippen LogP contribution < -0.4 is 5.32 Å². The van der Waals surface area contributed by atoms with Crippen LogP contribution in [-0.2, 0) is 9.53 Å². The zero-order valence-electron chi connectivity index (χ0n) is 11.6. The van der Waals surface area contributed by atoms with Crippen LogP contribution in [0.5, 0.6) is 0 Å². The van der Waals surface area contributed by atoms with Crippen LogP contribution in [0.15, 0.2) is 0 Å². The van der Waals surface area contributed by atoms with Gasteiger partial charge in [0.15, 0.2) is 0 Å². The number of aliphatic carboxylic acids is 1. The standard InChI is InChI=1S/C12H24N2O4/c1-9(2)5-7-18-8-6-13-12(17)14(4)10(3)11(15)16/h9-10H,5-8H2,1-4H3,(H,13,17)(H,15,16). The van der Waals surface area contributed by atoms with E-state index in [1.165, 1.54) is 14.0 Å². The molecule has 6 heteroatoms. The van der Waals surface area contributed by atoms with E-state index in [1.807, 2.05) is 0 Å². The van der Waals surface area contributed by atoms with Crippen molar-refractivity contribution in [3.8, 4) is 0 Å². The second-order valence-corrected chi connectivity index (χ2v) is 4.65. The number of carbonyl (C=O) groups excluding carboxylic acids is 1. The zero-order valence-corrected chi connectivity index (χ0v) is 11.6. The lowest BCUT2D eigenvalue weighted by Crippen LogP contribution is -2.46. The molecule has 0 aromatic heterocycles. The third kappa shape index (κ3) is 7.11. The monoisotopic (exact) mass is 260 g/mol. The largest absolute Gasteiger partial charge is 0.480 e. The van der Waals surface area contributed by atoms with E-state index in [0.29, 0.717) is 25.7 Å². The lowest BCUT2D eigenvalue weighted by molar-refractivity contribution is -0.141. The molecule has 2 amide bonds. The number of urea groups is 1. The van der Waals surface area contributed by atoms with Crippen molar-refractivity contribution in [3.63, 3.8) is 0 Å². The first-order valence-electron chi connectivity index (χ1n) is 6.17. The van der Waals surface area contributed by atoms with E-state index >= 15 is 0 Å². The minimum absolute atomic E-state index is 0.383. The first-order valence-corrected chi connectivity index (χ1v) is 6.17. The molecule has 18 heavy (non-hydrogen) atoms. The van der Waals surface area contributed by atoms with Gasteiger partial charge in [0.05, 0.1) is 6.61 Å². The second kappa shape index (κ2) is 8.74. The number of carboxylic acids is 1. The number of hydrogen-bond acceptors (Lipinski definition) is 3. The fraction of sp³-hybridized carbons (Fsp3) is 0.833. The molecule has 2 N–H and O–H groups in total. The average molecular weight is 260 g/mol. The molecular formula is C12H24N2O4. The summed E-state index contributed by atoms with van der Waals surface area (Å²) >= 11 is 0. The molecule has 0 radical (unpaired) electrons. The summed E-state index contributed by atoms with van der Waals surface area (Å²) in [7, 11) is 1.45. The number of hydrogen-bond donors (Lipinski definition) is 2. The molecule has 0 rings (SSSR count). The summed E-state index contributed by atoms with van der Waals surface area (Å²) in [6, 6.07) is -1.25. The van der Waals surface area contributed by atoms with Gasteiger partial charge in [-0.1, -0.05) is 13.8 Å². The Morgan fingerprint density at radius 1 is 1.28 bits per heavy atom. The fourth-order valence-electron chi connectivity index (χ4n) is 1.12. The zero-order chi connectivity index (χ0) is 14.1. The van der Waals surface area contributed by atoms with Crippen molar-refractivity contribution in [2.45, 2.75) is 33.2 Å². The molecule has 0 spiro atoms. The Kier molecular flexibility index (Phi) is 8.11. The Hall–Kier alpha value is -1.30. The Balaban J connectivity index is 3.67. The van der Waals surface area contributed by atoms with Gasteiger partial charge in [0.2, 0.25) is 0 Å². The topological polar surface area (TPSA) is 78.9 Å². The Bertz CT molecular complexity index is 269. The van der Waals surface area contributed by atoms with Crippen LogP contribution in [-0.4, -0.2) is 54.9 Å². The molecule has 0 aliphatic heterocycles. The molecule has 0 aliphatic rings. The van der Waals surface area contributed by atoms with E-state index in [1.54, 1.807) is 0 Å². The van der Waals surface area contributed by atoms with E-state index in [-0.39, 0.29) is 0 Å². The summed E-state index contributed by atoms with van der Waals surface area (Å²) in [6.45, 7) is 7.19. The Labute approximate surface area is 108 Å². The molecule has 0 aliphatic carbocycles. The van der Waals surface area contributed by atoms with Gasteiger partial charge in [0, 0.05) is 20.2 Å². The van der Waals surface area contributed by atoms with Crippen LogP contribution in [0.25, 0.3) is 0 Å². The summed E-state index contributed by atoms with van der Waals surface area (Å²) < 4.78 is 5.33. The summed E-state index contributed by atoms with van der Waals surface area (Å²) in [6.07, 6.45) is 0.990. The lowest BCUT2D eigenvalue weighted by Gasteiger charge is -2.21. The predicted molar refractivity (Wildman–Crippen MR) is 68.5 cm³/mol. The van der Waals surface area contributed by atoms with Crippen molar-refractivity contribution in [1.29, 1.82) is 0 Å². The van der Waals surface area contributed by atoms with Gasteiger partial charge in [-0.25, -0.2) is 9.59 Å². The van der Waals surface area contributed by atoms with Crippen molar-refractivity contribution in [3.05, 3.63) is 0 Å². The molecule has 1 unspecified atom stereocenters. The molecule has 0 heterocycles. The van der Waals surface area contributed by atoms with Crippen LogP contribution >= 0.6 is 0 Å². The average Bonchev–Trinajstić information content (AvgIpc) is 2.30. The van der Waals surface area contributed by atoms with Gasteiger partial charge in [-0.15, -0.1) is 0 Å². The van der Waals surface area contributed by atoms with Crippen molar-refractivity contribution in [1.82, 2.24) is 10.2 Å². The maximum absolute atomic E-state index is 11.5. The van der Waals surface area contributed by atoms with Crippen molar-refractivity contribution >= 4 is 12.0 Å². The summed E-state index contributed by atoms with van der Waals surface area (Å²) in [5.74, 6) is -0.428. The highest BCUT2D eigenvalue weighted by molar-refractivity contribution is 5.82. The van der Waals surface area contributed by atoms with Gasteiger partial charge in [-0.2, -0.15) is 0 Å². The van der Waals surface area contributed by atoms with Gasteiger partial charge in [0.1, 0.15) is 6.04 Å². The number of likely N-dealkylation sites (N-methyl/N-ethyl adjacent to an activating group) is 1. The van der Waals surface area contributed by atoms with E-state index in [2.05, 4.69) is 19.2 Å². The highest BCUT2D eigenvalue weighted by atomic mass is 16.5. The minimum atomic E-state index is -1.03. The van der Waals surface area contributed by atoms with E-state index in [4.69, 9.17) is 9.84 Å². The molecule has 0 aromatic rings. The highest BCUT2D eigenvalue weighted by Gasteiger charge is 2.20. The minimum Gasteiger partial charge on any atom is -0.480 e. The van der Waals surface area contributed by atoms with Gasteiger partial charge in [-0.3, -0.25) is 0 Å². The van der Waals surface area contributed by atoms with E-state index in [9.17, 15) is 9.59 Å². The Morgan fingerprint density at radius 2 is 1.89 bits per heavy atom. The van der Waals surface area contributed by atoms with Crippen molar-refractivity contribution < 1.29 is 19.4 Å². The molecule has 0 aromatic carbocycles. The van der Waals surface area contributed by atoms with Crippen LogP contribution in [0, 0.1) is 5.92 Å². The summed E-state index contributed by atoms with van der Waals surface area (Å²) in [5, 5.41) is 11.4. The summed E-state index contributed by atoms with van der Waals surface area (Å²) in [4.78, 5) is 23.4. The second-order valence-electron chi connectivity index (χ2n) is 4.65. The van der Waals surface area contributed by atoms with Gasteiger partial charge < -0.3 is 20.1 Å². The number of nitrogens with one attached hydrogen (secondary N) is 1. The van der Waals surface area contributed by atoms with Crippen LogP contribution in [0.4, 0.5) is 4.79 Å². The molecule has 106 valence electrons. The first-order chi connectivity index (χ1) is 8.36. The fourth-order valence-corrected chi connectivity index (χ4v) is 1.12. The molecular weight excluding hydrogens is 236 g/mol.